The van der Waals surface area contributed by atoms with Crippen molar-refractivity contribution in [3.63, 3.8) is 0 Å². The maximum absolute atomic E-state index is 12.4. The summed E-state index contributed by atoms with van der Waals surface area (Å²) in [6.45, 7) is 4.76. The molecule has 2 N–H and O–H groups in total. The number of carbonyl (C=O) groups excluding carboxylic acids is 1. The lowest BCUT2D eigenvalue weighted by Gasteiger charge is -2.29. The summed E-state index contributed by atoms with van der Waals surface area (Å²) in [5.74, 6) is -0.129. The topological polar surface area (TPSA) is 86.7 Å². The number of likely N-dealkylation sites (tertiary alicyclic amines) is 1. The number of sulfonamides is 1. The van der Waals surface area contributed by atoms with Crippen LogP contribution in [0.1, 0.15) is 43.5 Å². The monoisotopic (exact) mass is 340 g/mol. The van der Waals surface area contributed by atoms with E-state index in [1.807, 2.05) is 6.92 Å². The Hall–Kier alpha value is -1.44. The molecule has 0 radical (unpaired) electrons. The van der Waals surface area contributed by atoms with Crippen molar-refractivity contribution in [2.24, 2.45) is 0 Å². The van der Waals surface area contributed by atoms with Crippen LogP contribution in [0.15, 0.2) is 29.2 Å². The number of nitrogens with zero attached hydrogens (tertiary/aromatic N) is 1. The highest BCUT2D eigenvalue weighted by Crippen LogP contribution is 2.16. The van der Waals surface area contributed by atoms with E-state index < -0.39 is 10.0 Å². The second kappa shape index (κ2) is 7.42. The highest BCUT2D eigenvalue weighted by Gasteiger charge is 2.23. The molecule has 2 rings (SSSR count). The van der Waals surface area contributed by atoms with Gasteiger partial charge >= 0.3 is 0 Å². The second-order valence-electron chi connectivity index (χ2n) is 5.98. The van der Waals surface area contributed by atoms with E-state index in [1.165, 1.54) is 12.1 Å². The van der Waals surface area contributed by atoms with Gasteiger partial charge in [-0.25, -0.2) is 13.1 Å². The molecule has 0 bridgehead atoms. The van der Waals surface area contributed by atoms with Gasteiger partial charge in [0.15, 0.2) is 0 Å². The summed E-state index contributed by atoms with van der Waals surface area (Å²) < 4.78 is 27.0. The number of carbonyl (C=O) groups is 1. The maximum atomic E-state index is 12.4. The van der Waals surface area contributed by atoms with E-state index in [-0.39, 0.29) is 22.9 Å². The average molecular weight is 340 g/mol. The molecule has 1 saturated heterocycles. The van der Waals surface area contributed by atoms with Crippen LogP contribution in [0.2, 0.25) is 0 Å². The minimum atomic E-state index is -3.55. The number of rotatable bonds is 5. The minimum Gasteiger partial charge on any atom is -0.393 e. The predicted molar refractivity (Wildman–Crippen MR) is 87.7 cm³/mol. The van der Waals surface area contributed by atoms with Crippen LogP contribution in [0.5, 0.6) is 0 Å². The summed E-state index contributed by atoms with van der Waals surface area (Å²) in [5, 5.41) is 9.49. The standard InChI is InChI=1S/C16H24N2O4S/c1-3-12(2)17-23(21,22)15-6-4-13(5-7-15)16(20)18-10-8-14(19)9-11-18/h4-7,12,14,17,19H,3,8-11H2,1-2H3. The van der Waals surface area contributed by atoms with Gasteiger partial charge in [0, 0.05) is 24.7 Å². The fourth-order valence-electron chi connectivity index (χ4n) is 2.44. The molecular weight excluding hydrogens is 316 g/mol. The van der Waals surface area contributed by atoms with Gasteiger partial charge in [-0.1, -0.05) is 6.92 Å². The molecule has 6 nitrogen and oxygen atoms in total. The molecule has 7 heteroatoms. The smallest absolute Gasteiger partial charge is 0.253 e. The first-order chi connectivity index (χ1) is 10.8. The number of amides is 1. The van der Waals surface area contributed by atoms with Gasteiger partial charge in [0.05, 0.1) is 11.0 Å². The molecule has 0 aromatic heterocycles. The molecule has 1 aliphatic heterocycles. The zero-order chi connectivity index (χ0) is 17.0. The van der Waals surface area contributed by atoms with Crippen molar-refractivity contribution < 1.29 is 18.3 Å². The second-order valence-corrected chi connectivity index (χ2v) is 7.69. The Morgan fingerprint density at radius 2 is 1.87 bits per heavy atom. The van der Waals surface area contributed by atoms with Crippen LogP contribution < -0.4 is 4.72 Å². The lowest BCUT2D eigenvalue weighted by molar-refractivity contribution is 0.0546. The third-order valence-electron chi connectivity index (χ3n) is 4.13. The molecule has 128 valence electrons. The van der Waals surface area contributed by atoms with Crippen LogP contribution >= 0.6 is 0 Å². The quantitative estimate of drug-likeness (QED) is 0.847. The molecule has 1 fully saturated rings. The molecule has 1 unspecified atom stereocenters. The van der Waals surface area contributed by atoms with Crippen LogP contribution in [-0.4, -0.2) is 49.6 Å². The Bertz CT molecular complexity index is 635. The Balaban J connectivity index is 2.08. The number of aliphatic hydroxyl groups is 1. The van der Waals surface area contributed by atoms with Crippen LogP contribution in [0.3, 0.4) is 0 Å². The summed E-state index contributed by atoms with van der Waals surface area (Å²) in [6.07, 6.45) is 1.53. The number of hydrogen-bond acceptors (Lipinski definition) is 4. The van der Waals surface area contributed by atoms with Gasteiger partial charge < -0.3 is 10.0 Å². The number of aliphatic hydroxyl groups excluding tert-OH is 1. The Labute approximate surface area is 137 Å². The Kier molecular flexibility index (Phi) is 5.78. The summed E-state index contributed by atoms with van der Waals surface area (Å²) in [6, 6.07) is 5.85. The van der Waals surface area contributed by atoms with Crippen molar-refractivity contribution in [2.45, 2.75) is 50.2 Å². The van der Waals surface area contributed by atoms with Crippen molar-refractivity contribution in [3.05, 3.63) is 29.8 Å². The average Bonchev–Trinajstić information content (AvgIpc) is 2.54. The van der Waals surface area contributed by atoms with E-state index in [0.29, 0.717) is 37.9 Å². The van der Waals surface area contributed by atoms with Gasteiger partial charge in [0.2, 0.25) is 10.0 Å². The number of benzene rings is 1. The molecule has 1 amide bonds. The molecular formula is C16H24N2O4S. The lowest BCUT2D eigenvalue weighted by Crippen LogP contribution is -2.40. The SMILES string of the molecule is CCC(C)NS(=O)(=O)c1ccc(C(=O)N2CCC(O)CC2)cc1. The number of nitrogens with one attached hydrogen (secondary N) is 1. The summed E-state index contributed by atoms with van der Waals surface area (Å²) in [7, 11) is -3.55. The fraction of sp³-hybridized carbons (Fsp3) is 0.562. The molecule has 0 saturated carbocycles. The molecule has 1 aromatic rings. The molecule has 1 heterocycles. The highest BCUT2D eigenvalue weighted by molar-refractivity contribution is 7.89. The molecule has 23 heavy (non-hydrogen) atoms. The van der Waals surface area contributed by atoms with Gasteiger partial charge in [0.1, 0.15) is 0 Å². The van der Waals surface area contributed by atoms with Gasteiger partial charge in [-0.05, 0) is 50.5 Å². The third-order valence-corrected chi connectivity index (χ3v) is 5.74. The number of hydrogen-bond donors (Lipinski definition) is 2. The Morgan fingerprint density at radius 3 is 2.39 bits per heavy atom. The van der Waals surface area contributed by atoms with Gasteiger partial charge in [-0.2, -0.15) is 0 Å². The lowest BCUT2D eigenvalue weighted by atomic mass is 10.1. The zero-order valence-electron chi connectivity index (χ0n) is 13.5. The van der Waals surface area contributed by atoms with E-state index >= 15 is 0 Å². The normalized spacial score (nSPS) is 18.0. The van der Waals surface area contributed by atoms with Crippen molar-refractivity contribution >= 4 is 15.9 Å². The van der Waals surface area contributed by atoms with E-state index in [4.69, 9.17) is 0 Å². The number of piperidine rings is 1. The first-order valence-corrected chi connectivity index (χ1v) is 9.41. The van der Waals surface area contributed by atoms with Crippen LogP contribution in [0, 0.1) is 0 Å². The van der Waals surface area contributed by atoms with Crippen LogP contribution in [0.25, 0.3) is 0 Å². The van der Waals surface area contributed by atoms with Crippen LogP contribution in [-0.2, 0) is 10.0 Å². The van der Waals surface area contributed by atoms with Crippen molar-refractivity contribution in [3.8, 4) is 0 Å². The minimum absolute atomic E-state index is 0.129. The van der Waals surface area contributed by atoms with Crippen LogP contribution in [0.4, 0.5) is 0 Å². The van der Waals surface area contributed by atoms with Gasteiger partial charge in [-0.15, -0.1) is 0 Å². The van der Waals surface area contributed by atoms with Crippen molar-refractivity contribution in [1.29, 1.82) is 0 Å². The summed E-state index contributed by atoms with van der Waals surface area (Å²) >= 11 is 0. The van der Waals surface area contributed by atoms with E-state index in [1.54, 1.807) is 24.0 Å². The first-order valence-electron chi connectivity index (χ1n) is 7.93. The largest absolute Gasteiger partial charge is 0.393 e. The molecule has 1 aromatic carbocycles. The van der Waals surface area contributed by atoms with E-state index in [0.717, 1.165) is 0 Å². The molecule has 0 aliphatic carbocycles. The maximum Gasteiger partial charge on any atom is 0.253 e. The molecule has 1 atom stereocenters. The predicted octanol–water partition coefficient (Wildman–Crippen LogP) is 1.36. The summed E-state index contributed by atoms with van der Waals surface area (Å²) in [5.41, 5.74) is 0.462. The van der Waals surface area contributed by atoms with E-state index in [2.05, 4.69) is 4.72 Å². The highest BCUT2D eigenvalue weighted by atomic mass is 32.2. The van der Waals surface area contributed by atoms with Gasteiger partial charge in [0.25, 0.3) is 5.91 Å². The van der Waals surface area contributed by atoms with Gasteiger partial charge in [-0.3, -0.25) is 4.79 Å². The zero-order valence-corrected chi connectivity index (χ0v) is 14.3. The first kappa shape index (κ1) is 17.9. The van der Waals surface area contributed by atoms with Crippen molar-refractivity contribution in [2.75, 3.05) is 13.1 Å². The van der Waals surface area contributed by atoms with E-state index in [9.17, 15) is 18.3 Å². The fourth-order valence-corrected chi connectivity index (χ4v) is 3.77. The van der Waals surface area contributed by atoms with Crippen molar-refractivity contribution in [1.82, 2.24) is 9.62 Å². The Morgan fingerprint density at radius 1 is 1.30 bits per heavy atom. The molecule has 0 spiro atoms. The molecule has 1 aliphatic rings. The summed E-state index contributed by atoms with van der Waals surface area (Å²) in [4.78, 5) is 14.2. The third kappa shape index (κ3) is 4.53.